The lowest BCUT2D eigenvalue weighted by atomic mass is 9.89. The van der Waals surface area contributed by atoms with E-state index in [1.165, 1.54) is 10.4 Å². The Hall–Kier alpha value is -0.870. The number of carbonyl (C=O) groups is 1. The molecule has 1 aromatic heterocycles. The van der Waals surface area contributed by atoms with Gasteiger partial charge in [0.25, 0.3) is 0 Å². The topological polar surface area (TPSA) is 49.3 Å². The zero-order valence-corrected chi connectivity index (χ0v) is 12.4. The molecule has 0 saturated carbocycles. The van der Waals surface area contributed by atoms with E-state index in [9.17, 15) is 4.79 Å². The molecule has 0 aromatic carbocycles. The van der Waals surface area contributed by atoms with Crippen molar-refractivity contribution in [1.29, 1.82) is 0 Å². The molecule has 0 saturated heterocycles. The molecule has 18 heavy (non-hydrogen) atoms. The van der Waals surface area contributed by atoms with Gasteiger partial charge in [-0.2, -0.15) is 0 Å². The van der Waals surface area contributed by atoms with Crippen LogP contribution in [0.5, 0.6) is 0 Å². The maximum absolute atomic E-state index is 10.7. The minimum atomic E-state index is -0.717. The highest BCUT2D eigenvalue weighted by atomic mass is 32.1. The van der Waals surface area contributed by atoms with E-state index in [0.29, 0.717) is 6.42 Å². The van der Waals surface area contributed by atoms with Gasteiger partial charge < -0.3 is 10.4 Å². The van der Waals surface area contributed by atoms with Gasteiger partial charge in [0.15, 0.2) is 0 Å². The molecule has 102 valence electrons. The predicted molar refractivity (Wildman–Crippen MR) is 76.4 cm³/mol. The van der Waals surface area contributed by atoms with Crippen LogP contribution >= 0.6 is 11.3 Å². The molecular formula is C14H23NO2S. The molecular weight excluding hydrogens is 246 g/mol. The van der Waals surface area contributed by atoms with E-state index >= 15 is 0 Å². The van der Waals surface area contributed by atoms with Gasteiger partial charge in [-0.15, -0.1) is 11.3 Å². The number of aliphatic carboxylic acids is 1. The van der Waals surface area contributed by atoms with Gasteiger partial charge in [-0.3, -0.25) is 4.79 Å². The van der Waals surface area contributed by atoms with E-state index < -0.39 is 5.97 Å². The highest BCUT2D eigenvalue weighted by Crippen LogP contribution is 2.30. The Balaban J connectivity index is 2.39. The molecule has 0 fully saturated rings. The normalized spacial score (nSPS) is 13.6. The predicted octanol–water partition coefficient (Wildman–Crippen LogP) is 3.03. The fourth-order valence-electron chi connectivity index (χ4n) is 1.99. The molecule has 3 nitrogen and oxygen atoms in total. The van der Waals surface area contributed by atoms with Gasteiger partial charge in [0, 0.05) is 16.8 Å². The van der Waals surface area contributed by atoms with Crippen molar-refractivity contribution in [1.82, 2.24) is 5.32 Å². The first-order valence-electron chi connectivity index (χ1n) is 6.32. The summed E-state index contributed by atoms with van der Waals surface area (Å²) in [5.74, 6) is -0.991. The van der Waals surface area contributed by atoms with Crippen LogP contribution in [0.3, 0.4) is 0 Å². The number of hydrogen-bond donors (Lipinski definition) is 2. The third-order valence-electron chi connectivity index (χ3n) is 3.22. The molecule has 0 spiro atoms. The standard InChI is InChI=1S/C14H23NO2S/c1-10-6-8-18-12(10)14(3,4)9-15-7-5-11(2)13(16)17/h6,8,11,15H,5,7,9H2,1-4H3,(H,16,17). The van der Waals surface area contributed by atoms with E-state index in [4.69, 9.17) is 5.11 Å². The Morgan fingerprint density at radius 1 is 1.56 bits per heavy atom. The fraction of sp³-hybridized carbons (Fsp3) is 0.643. The summed E-state index contributed by atoms with van der Waals surface area (Å²) in [6, 6.07) is 2.15. The Bertz CT molecular complexity index is 398. The number of thiophene rings is 1. The number of hydrogen-bond acceptors (Lipinski definition) is 3. The van der Waals surface area contributed by atoms with Crippen LogP contribution in [0.2, 0.25) is 0 Å². The Kier molecular flexibility index (Phi) is 5.35. The maximum Gasteiger partial charge on any atom is 0.306 e. The van der Waals surface area contributed by atoms with E-state index in [1.54, 1.807) is 18.3 Å². The van der Waals surface area contributed by atoms with Gasteiger partial charge in [0.05, 0.1) is 5.92 Å². The number of aryl methyl sites for hydroxylation is 1. The van der Waals surface area contributed by atoms with Gasteiger partial charge in [-0.05, 0) is 36.9 Å². The van der Waals surface area contributed by atoms with Crippen LogP contribution in [-0.4, -0.2) is 24.2 Å². The number of carboxylic acid groups (broad SMARTS) is 1. The molecule has 1 heterocycles. The number of rotatable bonds is 7. The van der Waals surface area contributed by atoms with Crippen LogP contribution in [0.1, 0.15) is 37.6 Å². The second-order valence-corrected chi connectivity index (χ2v) is 6.44. The van der Waals surface area contributed by atoms with Crippen LogP contribution in [0, 0.1) is 12.8 Å². The van der Waals surface area contributed by atoms with E-state index in [-0.39, 0.29) is 11.3 Å². The molecule has 0 bridgehead atoms. The second kappa shape index (κ2) is 6.34. The zero-order chi connectivity index (χ0) is 13.8. The monoisotopic (exact) mass is 269 g/mol. The van der Waals surface area contributed by atoms with Crippen molar-refractivity contribution in [2.45, 2.75) is 39.5 Å². The van der Waals surface area contributed by atoms with Gasteiger partial charge >= 0.3 is 5.97 Å². The quantitative estimate of drug-likeness (QED) is 0.748. The Morgan fingerprint density at radius 3 is 2.72 bits per heavy atom. The molecule has 0 aliphatic carbocycles. The molecule has 1 rings (SSSR count). The first-order valence-corrected chi connectivity index (χ1v) is 7.20. The molecule has 0 aliphatic rings. The minimum absolute atomic E-state index is 0.102. The summed E-state index contributed by atoms with van der Waals surface area (Å²) in [6.45, 7) is 9.96. The van der Waals surface area contributed by atoms with Crippen molar-refractivity contribution in [2.75, 3.05) is 13.1 Å². The largest absolute Gasteiger partial charge is 0.481 e. The summed E-state index contributed by atoms with van der Waals surface area (Å²) in [5.41, 5.74) is 1.44. The third kappa shape index (κ3) is 4.10. The lowest BCUT2D eigenvalue weighted by molar-refractivity contribution is -0.141. The summed E-state index contributed by atoms with van der Waals surface area (Å²) in [6.07, 6.45) is 0.675. The summed E-state index contributed by atoms with van der Waals surface area (Å²) in [4.78, 5) is 12.1. The molecule has 2 N–H and O–H groups in total. The molecule has 1 atom stereocenters. The lowest BCUT2D eigenvalue weighted by Crippen LogP contribution is -2.34. The van der Waals surface area contributed by atoms with Gasteiger partial charge in [-0.25, -0.2) is 0 Å². The number of carboxylic acids is 1. The van der Waals surface area contributed by atoms with Crippen LogP contribution < -0.4 is 5.32 Å². The number of nitrogens with one attached hydrogen (secondary N) is 1. The molecule has 0 aliphatic heterocycles. The zero-order valence-electron chi connectivity index (χ0n) is 11.6. The van der Waals surface area contributed by atoms with Gasteiger partial charge in [-0.1, -0.05) is 20.8 Å². The smallest absolute Gasteiger partial charge is 0.306 e. The lowest BCUT2D eigenvalue weighted by Gasteiger charge is -2.25. The highest BCUT2D eigenvalue weighted by molar-refractivity contribution is 7.10. The first-order chi connectivity index (χ1) is 8.34. The van der Waals surface area contributed by atoms with Crippen molar-refractivity contribution in [3.05, 3.63) is 21.9 Å². The molecule has 1 unspecified atom stereocenters. The van der Waals surface area contributed by atoms with Crippen LogP contribution in [-0.2, 0) is 10.2 Å². The third-order valence-corrected chi connectivity index (χ3v) is 4.60. The summed E-state index contributed by atoms with van der Waals surface area (Å²) in [5, 5.41) is 14.3. The second-order valence-electron chi connectivity index (χ2n) is 5.52. The maximum atomic E-state index is 10.7. The van der Waals surface area contributed by atoms with Crippen molar-refractivity contribution in [3.63, 3.8) is 0 Å². The molecule has 1 aromatic rings. The summed E-state index contributed by atoms with van der Waals surface area (Å²) >= 11 is 1.79. The average molecular weight is 269 g/mol. The highest BCUT2D eigenvalue weighted by Gasteiger charge is 2.23. The van der Waals surface area contributed by atoms with Crippen LogP contribution in [0.4, 0.5) is 0 Å². The fourth-order valence-corrected chi connectivity index (χ4v) is 3.04. The molecule has 4 heteroatoms. The molecule has 0 radical (unpaired) electrons. The summed E-state index contributed by atoms with van der Waals surface area (Å²) < 4.78 is 0. The van der Waals surface area contributed by atoms with Crippen LogP contribution in [0.25, 0.3) is 0 Å². The van der Waals surface area contributed by atoms with Gasteiger partial charge in [0.1, 0.15) is 0 Å². The SMILES string of the molecule is Cc1ccsc1C(C)(C)CNCCC(C)C(=O)O. The van der Waals surface area contributed by atoms with E-state index in [1.807, 2.05) is 0 Å². The first kappa shape index (κ1) is 15.2. The van der Waals surface area contributed by atoms with E-state index in [0.717, 1.165) is 13.1 Å². The van der Waals surface area contributed by atoms with Crippen molar-refractivity contribution >= 4 is 17.3 Å². The average Bonchev–Trinajstić information content (AvgIpc) is 2.71. The molecule has 0 amide bonds. The van der Waals surface area contributed by atoms with Gasteiger partial charge in [0.2, 0.25) is 0 Å². The van der Waals surface area contributed by atoms with Crippen molar-refractivity contribution in [3.8, 4) is 0 Å². The van der Waals surface area contributed by atoms with Crippen molar-refractivity contribution in [2.24, 2.45) is 5.92 Å². The summed E-state index contributed by atoms with van der Waals surface area (Å²) in [7, 11) is 0. The minimum Gasteiger partial charge on any atom is -0.481 e. The Labute approximate surface area is 113 Å². The van der Waals surface area contributed by atoms with E-state index in [2.05, 4.69) is 37.5 Å². The van der Waals surface area contributed by atoms with Crippen LogP contribution in [0.15, 0.2) is 11.4 Å². The Morgan fingerprint density at radius 2 is 2.22 bits per heavy atom. The van der Waals surface area contributed by atoms with Crippen molar-refractivity contribution < 1.29 is 9.90 Å².